The molecule has 0 fully saturated rings. The number of halogens is 4. The number of anilines is 1. The third-order valence-electron chi connectivity index (χ3n) is 4.11. The number of carbonyl (C=O) groups excluding carboxylic acids is 1. The molecule has 0 radical (unpaired) electrons. The van der Waals surface area contributed by atoms with Gasteiger partial charge in [0.1, 0.15) is 17.7 Å². The van der Waals surface area contributed by atoms with Crippen LogP contribution in [0.15, 0.2) is 54.9 Å². The summed E-state index contributed by atoms with van der Waals surface area (Å²) in [5, 5.41) is 2.97. The lowest BCUT2D eigenvalue weighted by atomic mass is 10.1. The Bertz CT molecular complexity index is 1250. The summed E-state index contributed by atoms with van der Waals surface area (Å²) in [6.07, 6.45) is -3.15. The molecule has 0 saturated carbocycles. The van der Waals surface area contributed by atoms with Crippen LogP contribution in [0, 0.1) is 0 Å². The zero-order chi connectivity index (χ0) is 22.0. The van der Waals surface area contributed by atoms with E-state index in [0.29, 0.717) is 27.7 Å². The number of hydrogen-bond acceptors (Lipinski definition) is 6. The lowest BCUT2D eigenvalue weighted by Gasteiger charge is -2.09. The van der Waals surface area contributed by atoms with Crippen LogP contribution in [0.2, 0.25) is 0 Å². The van der Waals surface area contributed by atoms with Gasteiger partial charge in [0.2, 0.25) is 11.8 Å². The van der Waals surface area contributed by atoms with Crippen molar-refractivity contribution in [3.63, 3.8) is 0 Å². The van der Waals surface area contributed by atoms with Crippen molar-refractivity contribution in [1.29, 1.82) is 0 Å². The summed E-state index contributed by atoms with van der Waals surface area (Å²) < 4.78 is 44.9. The number of para-hydroxylation sites is 1. The largest absolute Gasteiger partial charge is 0.437 e. The third-order valence-corrected chi connectivity index (χ3v) is 5.29. The number of alkyl halides is 4. The van der Waals surface area contributed by atoms with Crippen LogP contribution >= 0.6 is 22.9 Å². The topological polar surface area (TPSA) is 77.0 Å². The molecule has 6 nitrogen and oxygen atoms in total. The fourth-order valence-corrected chi connectivity index (χ4v) is 3.67. The first-order valence-corrected chi connectivity index (χ1v) is 10.1. The second kappa shape index (κ2) is 8.48. The van der Waals surface area contributed by atoms with Crippen molar-refractivity contribution >= 4 is 44.2 Å². The summed E-state index contributed by atoms with van der Waals surface area (Å²) in [5.74, 6) is 0.0292. The zero-order valence-electron chi connectivity index (χ0n) is 15.5. The maximum absolute atomic E-state index is 12.8. The SMILES string of the molecule is O=C(CCl)Nc1nc2c(Oc3cc(-c4ccc(C(F)(F)F)cc4)ncn3)cccc2s1. The highest BCUT2D eigenvalue weighted by atomic mass is 35.5. The second-order valence-electron chi connectivity index (χ2n) is 6.22. The highest BCUT2D eigenvalue weighted by Crippen LogP contribution is 2.35. The minimum Gasteiger partial charge on any atom is -0.437 e. The molecule has 1 N–H and O–H groups in total. The molecular formula is C20H12ClF3N4O2S. The van der Waals surface area contributed by atoms with E-state index >= 15 is 0 Å². The van der Waals surface area contributed by atoms with Crippen LogP contribution in [0.5, 0.6) is 11.6 Å². The van der Waals surface area contributed by atoms with Crippen LogP contribution in [0.4, 0.5) is 18.3 Å². The number of aromatic nitrogens is 3. The molecular weight excluding hydrogens is 453 g/mol. The molecule has 11 heteroatoms. The number of nitrogens with one attached hydrogen (secondary N) is 1. The van der Waals surface area contributed by atoms with Gasteiger partial charge in [-0.1, -0.05) is 29.5 Å². The molecule has 31 heavy (non-hydrogen) atoms. The van der Waals surface area contributed by atoms with Crippen LogP contribution in [0.25, 0.3) is 21.5 Å². The number of amides is 1. The Hall–Kier alpha value is -3.24. The van der Waals surface area contributed by atoms with Crippen LogP contribution in [0.3, 0.4) is 0 Å². The van der Waals surface area contributed by atoms with Crippen LogP contribution in [-0.2, 0) is 11.0 Å². The lowest BCUT2D eigenvalue weighted by Crippen LogP contribution is -2.11. The summed E-state index contributed by atoms with van der Waals surface area (Å²) in [6.45, 7) is 0. The van der Waals surface area contributed by atoms with E-state index in [9.17, 15) is 18.0 Å². The number of ether oxygens (including phenoxy) is 1. The van der Waals surface area contributed by atoms with Crippen LogP contribution in [0.1, 0.15) is 5.56 Å². The first-order valence-electron chi connectivity index (χ1n) is 8.76. The predicted octanol–water partition coefficient (Wildman–Crippen LogP) is 5.74. The maximum atomic E-state index is 12.8. The van der Waals surface area contributed by atoms with E-state index in [0.717, 1.165) is 16.8 Å². The van der Waals surface area contributed by atoms with E-state index in [4.69, 9.17) is 16.3 Å². The smallest absolute Gasteiger partial charge is 0.416 e. The van der Waals surface area contributed by atoms with Crippen molar-refractivity contribution in [2.24, 2.45) is 0 Å². The van der Waals surface area contributed by atoms with Gasteiger partial charge in [-0.05, 0) is 24.3 Å². The number of nitrogens with zero attached hydrogens (tertiary/aromatic N) is 3. The molecule has 158 valence electrons. The summed E-state index contributed by atoms with van der Waals surface area (Å²) in [4.78, 5) is 24.0. The number of fused-ring (bicyclic) bond motifs is 1. The van der Waals surface area contributed by atoms with Gasteiger partial charge in [0, 0.05) is 11.6 Å². The average Bonchev–Trinajstić information content (AvgIpc) is 3.17. The average molecular weight is 465 g/mol. The van der Waals surface area contributed by atoms with Gasteiger partial charge < -0.3 is 10.1 Å². The Kier molecular flexibility index (Phi) is 5.75. The minimum atomic E-state index is -4.41. The monoisotopic (exact) mass is 464 g/mol. The normalized spacial score (nSPS) is 11.5. The van der Waals surface area contributed by atoms with Gasteiger partial charge in [-0.25, -0.2) is 15.0 Å². The number of hydrogen-bond donors (Lipinski definition) is 1. The molecule has 4 aromatic rings. The second-order valence-corrected chi connectivity index (χ2v) is 7.52. The van der Waals surface area contributed by atoms with Gasteiger partial charge in [-0.3, -0.25) is 4.79 Å². The number of benzene rings is 2. The van der Waals surface area contributed by atoms with Crippen molar-refractivity contribution < 1.29 is 22.7 Å². The molecule has 0 aliphatic carbocycles. The molecule has 2 heterocycles. The fourth-order valence-electron chi connectivity index (χ4n) is 2.71. The molecule has 2 aromatic heterocycles. The Morgan fingerprint density at radius 1 is 1.13 bits per heavy atom. The van der Waals surface area contributed by atoms with Gasteiger partial charge in [0.25, 0.3) is 0 Å². The Labute approximate surface area is 182 Å². The Morgan fingerprint density at radius 3 is 2.61 bits per heavy atom. The summed E-state index contributed by atoms with van der Waals surface area (Å²) >= 11 is 6.77. The standard InChI is InChI=1S/C20H12ClF3N4O2S/c21-9-16(29)27-19-28-18-14(2-1-3-15(18)31-19)30-17-8-13(25-10-26-17)11-4-6-12(7-5-11)20(22,23)24/h1-8,10H,9H2,(H,27,28,29). The molecule has 2 aromatic carbocycles. The van der Waals surface area contributed by atoms with Crippen LogP contribution < -0.4 is 10.1 Å². The number of carbonyl (C=O) groups is 1. The van der Waals surface area contributed by atoms with Crippen molar-refractivity contribution in [3.8, 4) is 22.9 Å². The van der Waals surface area contributed by atoms with Gasteiger partial charge in [-0.2, -0.15) is 13.2 Å². The van der Waals surface area contributed by atoms with Gasteiger partial charge >= 0.3 is 6.18 Å². The molecule has 0 spiro atoms. The molecule has 0 bridgehead atoms. The number of rotatable bonds is 5. The third kappa shape index (κ3) is 4.75. The minimum absolute atomic E-state index is 0.188. The molecule has 0 unspecified atom stereocenters. The maximum Gasteiger partial charge on any atom is 0.416 e. The van der Waals surface area contributed by atoms with E-state index in [2.05, 4.69) is 20.3 Å². The van der Waals surface area contributed by atoms with Crippen molar-refractivity contribution in [1.82, 2.24) is 15.0 Å². The van der Waals surface area contributed by atoms with Gasteiger partial charge in [0.05, 0.1) is 16.0 Å². The van der Waals surface area contributed by atoms with Crippen LogP contribution in [-0.4, -0.2) is 26.7 Å². The predicted molar refractivity (Wildman–Crippen MR) is 112 cm³/mol. The quantitative estimate of drug-likeness (QED) is 0.381. The first-order chi connectivity index (χ1) is 14.8. The van der Waals surface area contributed by atoms with Gasteiger partial charge in [-0.15, -0.1) is 11.6 Å². The van der Waals surface area contributed by atoms with E-state index in [1.54, 1.807) is 12.1 Å². The van der Waals surface area contributed by atoms with E-state index in [1.807, 2.05) is 6.07 Å². The van der Waals surface area contributed by atoms with E-state index in [-0.39, 0.29) is 17.7 Å². The molecule has 0 aliphatic heterocycles. The molecule has 0 saturated heterocycles. The van der Waals surface area contributed by atoms with Crippen molar-refractivity contribution in [3.05, 3.63) is 60.4 Å². The molecule has 1 amide bonds. The van der Waals surface area contributed by atoms with Crippen molar-refractivity contribution in [2.75, 3.05) is 11.2 Å². The van der Waals surface area contributed by atoms with Gasteiger partial charge in [0.15, 0.2) is 10.9 Å². The molecule has 0 aliphatic rings. The first kappa shape index (κ1) is 21.0. The summed E-state index contributed by atoms with van der Waals surface area (Å²) in [6, 6.07) is 11.4. The molecule has 0 atom stereocenters. The lowest BCUT2D eigenvalue weighted by molar-refractivity contribution is -0.137. The van der Waals surface area contributed by atoms with Crippen molar-refractivity contribution in [2.45, 2.75) is 6.18 Å². The Morgan fingerprint density at radius 2 is 1.90 bits per heavy atom. The highest BCUT2D eigenvalue weighted by Gasteiger charge is 2.30. The Balaban J connectivity index is 1.60. The zero-order valence-corrected chi connectivity index (χ0v) is 17.1. The highest BCUT2D eigenvalue weighted by molar-refractivity contribution is 7.22. The van der Waals surface area contributed by atoms with E-state index < -0.39 is 11.7 Å². The molecule has 4 rings (SSSR count). The number of thiazole rings is 1. The fraction of sp³-hybridized carbons (Fsp3) is 0.100. The summed E-state index contributed by atoms with van der Waals surface area (Å²) in [5.41, 5.74) is 0.665. The van der Waals surface area contributed by atoms with E-state index in [1.165, 1.54) is 35.9 Å². The summed E-state index contributed by atoms with van der Waals surface area (Å²) in [7, 11) is 0.